The molecule has 1 N–H and O–H groups in total. The molecule has 1 aliphatic rings. The Bertz CT molecular complexity index is 515. The molecule has 4 nitrogen and oxygen atoms in total. The smallest absolute Gasteiger partial charge is 0.151 e. The van der Waals surface area contributed by atoms with E-state index in [4.69, 9.17) is 0 Å². The van der Waals surface area contributed by atoms with Gasteiger partial charge in [-0.15, -0.1) is 0 Å². The van der Waals surface area contributed by atoms with Gasteiger partial charge in [-0.3, -0.25) is 4.90 Å². The summed E-state index contributed by atoms with van der Waals surface area (Å²) >= 11 is 0. The van der Waals surface area contributed by atoms with Gasteiger partial charge in [0.25, 0.3) is 0 Å². The minimum Gasteiger partial charge on any atom is -0.387 e. The zero-order valence-corrected chi connectivity index (χ0v) is 12.7. The van der Waals surface area contributed by atoms with E-state index in [-0.39, 0.29) is 5.25 Å². The van der Waals surface area contributed by atoms with Crippen LogP contribution >= 0.6 is 0 Å². The second kappa shape index (κ2) is 6.70. The van der Waals surface area contributed by atoms with E-state index < -0.39 is 15.9 Å². The number of benzene rings is 1. The molecule has 5 heteroatoms. The van der Waals surface area contributed by atoms with Gasteiger partial charge >= 0.3 is 0 Å². The third-order valence-electron chi connectivity index (χ3n) is 3.93. The number of aliphatic hydroxyl groups excluding tert-OH is 1. The normalized spacial score (nSPS) is 23.2. The second-order valence-corrected chi connectivity index (χ2v) is 7.96. The summed E-state index contributed by atoms with van der Waals surface area (Å²) in [6.45, 7) is 1.88. The van der Waals surface area contributed by atoms with Crippen molar-refractivity contribution >= 4 is 9.84 Å². The quantitative estimate of drug-likeness (QED) is 0.917. The van der Waals surface area contributed by atoms with Crippen molar-refractivity contribution in [2.45, 2.75) is 30.6 Å². The van der Waals surface area contributed by atoms with Gasteiger partial charge in [0.2, 0.25) is 0 Å². The molecular weight excluding hydrogens is 274 g/mol. The Kier molecular flexibility index (Phi) is 5.18. The van der Waals surface area contributed by atoms with Crippen molar-refractivity contribution in [3.05, 3.63) is 35.9 Å². The molecule has 1 unspecified atom stereocenters. The number of hydrogen-bond acceptors (Lipinski definition) is 4. The summed E-state index contributed by atoms with van der Waals surface area (Å²) in [5, 5.41) is 9.96. The molecule has 1 heterocycles. The molecule has 0 amide bonds. The van der Waals surface area contributed by atoms with E-state index in [9.17, 15) is 13.5 Å². The summed E-state index contributed by atoms with van der Waals surface area (Å²) in [5.41, 5.74) is 0.882. The summed E-state index contributed by atoms with van der Waals surface area (Å²) < 4.78 is 23.5. The van der Waals surface area contributed by atoms with E-state index in [0.717, 1.165) is 31.4 Å². The third kappa shape index (κ3) is 4.30. The third-order valence-corrected chi connectivity index (χ3v) is 5.53. The highest BCUT2D eigenvalue weighted by Crippen LogP contribution is 2.20. The number of nitrogens with zero attached hydrogens (tertiary/aromatic N) is 1. The van der Waals surface area contributed by atoms with Gasteiger partial charge in [0.05, 0.1) is 11.4 Å². The number of sulfone groups is 1. The van der Waals surface area contributed by atoms with Crippen LogP contribution in [0, 0.1) is 0 Å². The first kappa shape index (κ1) is 15.5. The number of β-amino-alcohol motifs (C(OH)–C–C–N with tert-alkyl or cyclic N) is 1. The maximum atomic E-state index is 11.8. The molecule has 2 rings (SSSR count). The molecule has 0 aromatic heterocycles. The maximum Gasteiger partial charge on any atom is 0.151 e. The first-order chi connectivity index (χ1) is 9.47. The van der Waals surface area contributed by atoms with E-state index in [1.54, 1.807) is 0 Å². The van der Waals surface area contributed by atoms with Gasteiger partial charge in [0.1, 0.15) is 0 Å². The summed E-state index contributed by atoms with van der Waals surface area (Å²) in [6, 6.07) is 9.52. The van der Waals surface area contributed by atoms with Crippen LogP contribution in [0.5, 0.6) is 0 Å². The summed E-state index contributed by atoms with van der Waals surface area (Å²) in [5.74, 6) is 0. The largest absolute Gasteiger partial charge is 0.387 e. The zero-order chi connectivity index (χ0) is 14.6. The Balaban J connectivity index is 2.01. The van der Waals surface area contributed by atoms with Crippen molar-refractivity contribution in [2.75, 3.05) is 25.9 Å². The standard InChI is InChI=1S/C15H23NO3S/c1-20(18,19)14-9-5-6-10-16(11-14)12-15(17)13-7-3-2-4-8-13/h2-4,7-8,14-15,17H,5-6,9-12H2,1H3/t14?,15-/m0/s1. The van der Waals surface area contributed by atoms with Crippen LogP contribution in [0.15, 0.2) is 30.3 Å². The predicted molar refractivity (Wildman–Crippen MR) is 80.3 cm³/mol. The van der Waals surface area contributed by atoms with Crippen LogP contribution in [0.4, 0.5) is 0 Å². The number of aliphatic hydroxyl groups is 1. The highest BCUT2D eigenvalue weighted by Gasteiger charge is 2.27. The minimum absolute atomic E-state index is 0.298. The first-order valence-corrected chi connectivity index (χ1v) is 9.06. The molecule has 0 saturated carbocycles. The van der Waals surface area contributed by atoms with Crippen molar-refractivity contribution < 1.29 is 13.5 Å². The lowest BCUT2D eigenvalue weighted by Gasteiger charge is -2.26. The van der Waals surface area contributed by atoms with Gasteiger partial charge in [-0.1, -0.05) is 36.8 Å². The topological polar surface area (TPSA) is 57.6 Å². The SMILES string of the molecule is CS(=O)(=O)C1CCCCN(C[C@H](O)c2ccccc2)C1. The van der Waals surface area contributed by atoms with Crippen LogP contribution in [0.3, 0.4) is 0 Å². The Morgan fingerprint density at radius 2 is 2.00 bits per heavy atom. The van der Waals surface area contributed by atoms with Gasteiger partial charge in [0.15, 0.2) is 9.84 Å². The molecule has 0 aliphatic carbocycles. The molecule has 1 aliphatic heterocycles. The number of rotatable bonds is 4. The fraction of sp³-hybridized carbons (Fsp3) is 0.600. The van der Waals surface area contributed by atoms with Crippen LogP contribution in [-0.4, -0.2) is 49.6 Å². The van der Waals surface area contributed by atoms with Crippen LogP contribution in [-0.2, 0) is 9.84 Å². The molecular formula is C15H23NO3S. The maximum absolute atomic E-state index is 11.8. The van der Waals surface area contributed by atoms with Crippen LogP contribution < -0.4 is 0 Å². The van der Waals surface area contributed by atoms with Crippen molar-refractivity contribution in [3.8, 4) is 0 Å². The van der Waals surface area contributed by atoms with E-state index >= 15 is 0 Å². The summed E-state index contributed by atoms with van der Waals surface area (Å²) in [4.78, 5) is 2.08. The van der Waals surface area contributed by atoms with Gasteiger partial charge in [0, 0.05) is 19.3 Å². The fourth-order valence-corrected chi connectivity index (χ4v) is 3.79. The van der Waals surface area contributed by atoms with Crippen molar-refractivity contribution in [3.63, 3.8) is 0 Å². The van der Waals surface area contributed by atoms with E-state index in [2.05, 4.69) is 4.90 Å². The fourth-order valence-electron chi connectivity index (χ4n) is 2.72. The second-order valence-electron chi connectivity index (χ2n) is 5.63. The molecule has 1 saturated heterocycles. The monoisotopic (exact) mass is 297 g/mol. The lowest BCUT2D eigenvalue weighted by Crippen LogP contribution is -2.37. The highest BCUT2D eigenvalue weighted by molar-refractivity contribution is 7.91. The van der Waals surface area contributed by atoms with Gasteiger partial charge in [-0.05, 0) is 24.9 Å². The van der Waals surface area contributed by atoms with Crippen molar-refractivity contribution in [1.82, 2.24) is 4.90 Å². The molecule has 1 aromatic carbocycles. The average molecular weight is 297 g/mol. The predicted octanol–water partition coefficient (Wildman–Crippen LogP) is 1.62. The lowest BCUT2D eigenvalue weighted by atomic mass is 10.1. The summed E-state index contributed by atoms with van der Waals surface area (Å²) in [7, 11) is -3.01. The van der Waals surface area contributed by atoms with Crippen LogP contribution in [0.25, 0.3) is 0 Å². The minimum atomic E-state index is -3.01. The molecule has 0 spiro atoms. The Morgan fingerprint density at radius 3 is 2.65 bits per heavy atom. The van der Waals surface area contributed by atoms with E-state index in [1.807, 2.05) is 30.3 Å². The van der Waals surface area contributed by atoms with Crippen molar-refractivity contribution in [1.29, 1.82) is 0 Å². The average Bonchev–Trinajstić information content (AvgIpc) is 2.65. The molecule has 1 fully saturated rings. The van der Waals surface area contributed by atoms with Crippen molar-refractivity contribution in [2.24, 2.45) is 0 Å². The van der Waals surface area contributed by atoms with Crippen LogP contribution in [0.2, 0.25) is 0 Å². The Labute approximate surface area is 121 Å². The highest BCUT2D eigenvalue weighted by atomic mass is 32.2. The number of hydrogen-bond donors (Lipinski definition) is 1. The Hall–Kier alpha value is -0.910. The molecule has 1 aromatic rings. The first-order valence-electron chi connectivity index (χ1n) is 7.11. The van der Waals surface area contributed by atoms with E-state index in [0.29, 0.717) is 13.1 Å². The molecule has 0 bridgehead atoms. The lowest BCUT2D eigenvalue weighted by molar-refractivity contribution is 0.115. The number of likely N-dealkylation sites (tertiary alicyclic amines) is 1. The molecule has 20 heavy (non-hydrogen) atoms. The molecule has 112 valence electrons. The van der Waals surface area contributed by atoms with Gasteiger partial charge in [-0.25, -0.2) is 8.42 Å². The summed E-state index contributed by atoms with van der Waals surface area (Å²) in [6.07, 6.45) is 3.42. The Morgan fingerprint density at radius 1 is 1.30 bits per heavy atom. The van der Waals surface area contributed by atoms with E-state index in [1.165, 1.54) is 6.26 Å². The molecule has 0 radical (unpaired) electrons. The zero-order valence-electron chi connectivity index (χ0n) is 11.9. The van der Waals surface area contributed by atoms with Crippen LogP contribution in [0.1, 0.15) is 30.9 Å². The van der Waals surface area contributed by atoms with Gasteiger partial charge < -0.3 is 5.11 Å². The van der Waals surface area contributed by atoms with Gasteiger partial charge in [-0.2, -0.15) is 0 Å². The molecule has 2 atom stereocenters.